The maximum absolute atomic E-state index is 9.06. The number of nitrogens with one attached hydrogen (secondary N) is 1. The zero-order valence-electron chi connectivity index (χ0n) is 5.96. The third kappa shape index (κ3) is 7.32. The molecular weight excluding hydrogens is 150 g/mol. The normalized spacial score (nSPS) is 11.9. The lowest BCUT2D eigenvalue weighted by Gasteiger charge is -2.08. The van der Waals surface area contributed by atoms with Crippen molar-refractivity contribution in [3.8, 4) is 0 Å². The van der Waals surface area contributed by atoms with E-state index < -0.39 is 5.60 Å². The van der Waals surface area contributed by atoms with E-state index in [9.17, 15) is 0 Å². The fourth-order valence-electron chi connectivity index (χ4n) is 0.254. The van der Waals surface area contributed by atoms with Crippen molar-refractivity contribution in [3.05, 3.63) is 0 Å². The van der Waals surface area contributed by atoms with E-state index in [1.807, 2.05) is 0 Å². The van der Waals surface area contributed by atoms with Crippen molar-refractivity contribution < 1.29 is 5.11 Å². The molecule has 0 fully saturated rings. The molecule has 0 aliphatic carbocycles. The highest BCUT2D eigenvalue weighted by Crippen LogP contribution is 1.93. The van der Waals surface area contributed by atoms with Crippen molar-refractivity contribution in [2.75, 3.05) is 0 Å². The SMILES string of the molecule is CC(C)(O)/C=N/NC(N)=S. The van der Waals surface area contributed by atoms with Crippen LogP contribution in [0.4, 0.5) is 0 Å². The number of aliphatic hydroxyl groups is 1. The van der Waals surface area contributed by atoms with E-state index in [2.05, 4.69) is 22.7 Å². The zero-order chi connectivity index (χ0) is 8.20. The number of hydrazone groups is 1. The number of hydrogen-bond acceptors (Lipinski definition) is 3. The van der Waals surface area contributed by atoms with Gasteiger partial charge in [-0.25, -0.2) is 0 Å². The summed E-state index contributed by atoms with van der Waals surface area (Å²) in [4.78, 5) is 0. The minimum absolute atomic E-state index is 0.0838. The van der Waals surface area contributed by atoms with Gasteiger partial charge in [0.1, 0.15) is 0 Å². The molecule has 0 atom stereocenters. The van der Waals surface area contributed by atoms with Crippen molar-refractivity contribution >= 4 is 23.5 Å². The van der Waals surface area contributed by atoms with Crippen LogP contribution >= 0.6 is 12.2 Å². The molecule has 5 heteroatoms. The molecule has 0 saturated carbocycles. The highest BCUT2D eigenvalue weighted by Gasteiger charge is 2.06. The number of rotatable bonds is 2. The molecule has 10 heavy (non-hydrogen) atoms. The molecule has 0 aliphatic heterocycles. The summed E-state index contributed by atoms with van der Waals surface area (Å²) in [5, 5.41) is 12.7. The average Bonchev–Trinajstić information content (AvgIpc) is 1.59. The highest BCUT2D eigenvalue weighted by molar-refractivity contribution is 7.80. The van der Waals surface area contributed by atoms with Crippen LogP contribution in [-0.2, 0) is 0 Å². The Kier molecular flexibility index (Phi) is 3.24. The quantitative estimate of drug-likeness (QED) is 0.292. The molecule has 4 N–H and O–H groups in total. The fourth-order valence-corrected chi connectivity index (χ4v) is 0.307. The van der Waals surface area contributed by atoms with Crippen LogP contribution in [0, 0.1) is 0 Å². The van der Waals surface area contributed by atoms with E-state index in [4.69, 9.17) is 10.8 Å². The van der Waals surface area contributed by atoms with Gasteiger partial charge in [0, 0.05) is 0 Å². The summed E-state index contributed by atoms with van der Waals surface area (Å²) in [7, 11) is 0. The molecule has 0 radical (unpaired) electrons. The van der Waals surface area contributed by atoms with Gasteiger partial charge in [-0.1, -0.05) is 0 Å². The standard InChI is InChI=1S/C5H11N3OS/c1-5(2,9)3-7-8-4(6)10/h3,9H,1-2H3,(H3,6,8,10)/b7-3+. The average molecular weight is 161 g/mol. The lowest BCUT2D eigenvalue weighted by molar-refractivity contribution is 0.159. The largest absolute Gasteiger partial charge is 0.385 e. The molecule has 0 aromatic rings. The Bertz CT molecular complexity index is 149. The van der Waals surface area contributed by atoms with Gasteiger partial charge in [0.15, 0.2) is 5.11 Å². The van der Waals surface area contributed by atoms with Crippen LogP contribution in [0.2, 0.25) is 0 Å². The van der Waals surface area contributed by atoms with Gasteiger partial charge in [0.2, 0.25) is 0 Å². The first-order valence-electron chi connectivity index (χ1n) is 2.74. The Morgan fingerprint density at radius 2 is 2.30 bits per heavy atom. The molecule has 0 rings (SSSR count). The molecular formula is C5H11N3OS. The molecule has 0 heterocycles. The van der Waals surface area contributed by atoms with Crippen LogP contribution in [0.1, 0.15) is 13.8 Å². The summed E-state index contributed by atoms with van der Waals surface area (Å²) in [5.41, 5.74) is 6.43. The molecule has 4 nitrogen and oxygen atoms in total. The van der Waals surface area contributed by atoms with Gasteiger partial charge >= 0.3 is 0 Å². The zero-order valence-corrected chi connectivity index (χ0v) is 6.77. The number of nitrogens with zero attached hydrogens (tertiary/aromatic N) is 1. The summed E-state index contributed by atoms with van der Waals surface area (Å²) >= 11 is 4.46. The Hall–Kier alpha value is -0.680. The second-order valence-electron chi connectivity index (χ2n) is 2.39. The van der Waals surface area contributed by atoms with Gasteiger partial charge in [0.25, 0.3) is 0 Å². The molecule has 0 spiro atoms. The van der Waals surface area contributed by atoms with Crippen molar-refractivity contribution in [1.82, 2.24) is 5.43 Å². The van der Waals surface area contributed by atoms with Crippen molar-refractivity contribution in [1.29, 1.82) is 0 Å². The van der Waals surface area contributed by atoms with E-state index in [1.165, 1.54) is 6.21 Å². The van der Waals surface area contributed by atoms with Crippen LogP contribution in [0.25, 0.3) is 0 Å². The predicted octanol–water partition coefficient (Wildman–Crippen LogP) is -0.424. The first-order chi connectivity index (χ1) is 4.42. The second kappa shape index (κ2) is 3.48. The van der Waals surface area contributed by atoms with Gasteiger partial charge in [0.05, 0.1) is 11.8 Å². The smallest absolute Gasteiger partial charge is 0.184 e. The number of hydrogen-bond donors (Lipinski definition) is 3. The Labute approximate surface area is 65.1 Å². The van der Waals surface area contributed by atoms with Gasteiger partial charge in [-0.3, -0.25) is 5.43 Å². The molecule has 0 saturated heterocycles. The minimum atomic E-state index is -0.933. The van der Waals surface area contributed by atoms with Crippen LogP contribution in [0.5, 0.6) is 0 Å². The fraction of sp³-hybridized carbons (Fsp3) is 0.600. The van der Waals surface area contributed by atoms with E-state index in [0.29, 0.717) is 0 Å². The summed E-state index contributed by atoms with van der Waals surface area (Å²) in [5.74, 6) is 0. The Morgan fingerprint density at radius 3 is 2.60 bits per heavy atom. The summed E-state index contributed by atoms with van der Waals surface area (Å²) in [6.07, 6.45) is 1.31. The van der Waals surface area contributed by atoms with E-state index in [1.54, 1.807) is 13.8 Å². The molecule has 0 aromatic carbocycles. The first-order valence-corrected chi connectivity index (χ1v) is 3.15. The molecule has 0 amide bonds. The number of thiocarbonyl (C=S) groups is 1. The van der Waals surface area contributed by atoms with Gasteiger partial charge in [-0.15, -0.1) is 0 Å². The van der Waals surface area contributed by atoms with E-state index in [0.717, 1.165) is 0 Å². The van der Waals surface area contributed by atoms with E-state index in [-0.39, 0.29) is 5.11 Å². The van der Waals surface area contributed by atoms with Gasteiger partial charge in [-0.05, 0) is 26.1 Å². The number of nitrogens with two attached hydrogens (primary N) is 1. The highest BCUT2D eigenvalue weighted by atomic mass is 32.1. The summed E-state index contributed by atoms with van der Waals surface area (Å²) < 4.78 is 0. The van der Waals surface area contributed by atoms with Crippen molar-refractivity contribution in [2.24, 2.45) is 10.8 Å². The second-order valence-corrected chi connectivity index (χ2v) is 2.83. The van der Waals surface area contributed by atoms with Crippen LogP contribution in [0.3, 0.4) is 0 Å². The Balaban J connectivity index is 3.67. The van der Waals surface area contributed by atoms with Crippen molar-refractivity contribution in [3.63, 3.8) is 0 Å². The molecule has 58 valence electrons. The van der Waals surface area contributed by atoms with Crippen LogP contribution in [-0.4, -0.2) is 22.0 Å². The minimum Gasteiger partial charge on any atom is -0.385 e. The monoisotopic (exact) mass is 161 g/mol. The molecule has 0 aromatic heterocycles. The Morgan fingerprint density at radius 1 is 1.80 bits per heavy atom. The molecule has 0 aliphatic rings. The lowest BCUT2D eigenvalue weighted by Crippen LogP contribution is -2.27. The first kappa shape index (κ1) is 9.32. The molecule has 0 unspecified atom stereocenters. The predicted molar refractivity (Wildman–Crippen MR) is 44.7 cm³/mol. The third-order valence-electron chi connectivity index (χ3n) is 0.555. The van der Waals surface area contributed by atoms with Gasteiger partial charge < -0.3 is 10.8 Å². The summed E-state index contributed by atoms with van der Waals surface area (Å²) in [6.45, 7) is 3.19. The van der Waals surface area contributed by atoms with Crippen molar-refractivity contribution in [2.45, 2.75) is 19.4 Å². The van der Waals surface area contributed by atoms with Crippen LogP contribution in [0.15, 0.2) is 5.10 Å². The van der Waals surface area contributed by atoms with E-state index >= 15 is 0 Å². The topological polar surface area (TPSA) is 70.6 Å². The van der Waals surface area contributed by atoms with Crippen LogP contribution < -0.4 is 11.2 Å². The maximum Gasteiger partial charge on any atom is 0.184 e. The maximum atomic E-state index is 9.06. The molecule has 0 bridgehead atoms. The lowest BCUT2D eigenvalue weighted by atomic mass is 10.2. The third-order valence-corrected chi connectivity index (χ3v) is 0.647. The summed E-state index contributed by atoms with van der Waals surface area (Å²) in [6, 6.07) is 0. The van der Waals surface area contributed by atoms with Gasteiger partial charge in [-0.2, -0.15) is 5.10 Å².